The van der Waals surface area contributed by atoms with Gasteiger partial charge >= 0.3 is 0 Å². The number of carbonyl (C=O) groups is 1. The Kier molecular flexibility index (Phi) is 4.79. The molecule has 0 bridgehead atoms. The molecule has 1 rings (SSSR count). The molecule has 0 atom stereocenters. The third-order valence-electron chi connectivity index (χ3n) is 2.53. The van der Waals surface area contributed by atoms with Gasteiger partial charge in [0, 0.05) is 0 Å². The van der Waals surface area contributed by atoms with Crippen molar-refractivity contribution in [3.8, 4) is 5.75 Å². The molecule has 4 N–H and O–H groups in total. The number of hydrogen-bond acceptors (Lipinski definition) is 3. The molecule has 0 aliphatic rings. The number of aryl methyl sites for hydroxylation is 1. The Morgan fingerprint density at radius 3 is 2.69 bits per heavy atom. The molecule has 1 aromatic carbocycles. The predicted molar refractivity (Wildman–Crippen MR) is 63.0 cm³/mol. The number of nitrogens with two attached hydrogens (primary N) is 2. The van der Waals surface area contributed by atoms with Crippen molar-refractivity contribution < 1.29 is 9.63 Å². The quantitative estimate of drug-likeness (QED) is 0.568. The number of unbranched alkanes of at least 4 members (excludes halogenated alkanes) is 2. The Bertz CT molecular complexity index is 364. The number of para-hydroxylation sites is 1. The molecule has 0 fully saturated rings. The van der Waals surface area contributed by atoms with Crippen LogP contribution in [0.15, 0.2) is 18.2 Å². The van der Waals surface area contributed by atoms with Crippen molar-refractivity contribution in [1.29, 1.82) is 0 Å². The second kappa shape index (κ2) is 6.12. The smallest absolute Gasteiger partial charge is 0.252 e. The van der Waals surface area contributed by atoms with Crippen LogP contribution in [0.4, 0.5) is 0 Å². The van der Waals surface area contributed by atoms with Crippen molar-refractivity contribution in [3.63, 3.8) is 0 Å². The van der Waals surface area contributed by atoms with Crippen LogP contribution in [0.5, 0.6) is 5.75 Å². The van der Waals surface area contributed by atoms with Crippen molar-refractivity contribution in [3.05, 3.63) is 29.3 Å². The molecule has 4 heteroatoms. The summed E-state index contributed by atoms with van der Waals surface area (Å²) in [4.78, 5) is 15.9. The SMILES string of the molecule is CCCCCc1cccc(C(N)=O)c1ON. The first-order valence-electron chi connectivity index (χ1n) is 5.49. The largest absolute Gasteiger partial charge is 0.410 e. The summed E-state index contributed by atoms with van der Waals surface area (Å²) in [7, 11) is 0. The Labute approximate surface area is 95.5 Å². The van der Waals surface area contributed by atoms with Gasteiger partial charge in [0.1, 0.15) is 0 Å². The summed E-state index contributed by atoms with van der Waals surface area (Å²) in [6.45, 7) is 2.14. The molecule has 0 aliphatic heterocycles. The van der Waals surface area contributed by atoms with E-state index in [1.807, 2.05) is 6.07 Å². The van der Waals surface area contributed by atoms with Gasteiger partial charge in [0.2, 0.25) is 0 Å². The lowest BCUT2D eigenvalue weighted by Gasteiger charge is -2.10. The maximum Gasteiger partial charge on any atom is 0.252 e. The number of rotatable bonds is 6. The van der Waals surface area contributed by atoms with Crippen LogP contribution in [0.3, 0.4) is 0 Å². The summed E-state index contributed by atoms with van der Waals surface area (Å²) < 4.78 is 0. The number of carbonyl (C=O) groups excluding carboxylic acids is 1. The van der Waals surface area contributed by atoms with Gasteiger partial charge in [-0.15, -0.1) is 0 Å². The van der Waals surface area contributed by atoms with Crippen molar-refractivity contribution in [2.45, 2.75) is 32.6 Å². The van der Waals surface area contributed by atoms with Crippen LogP contribution >= 0.6 is 0 Å². The molecule has 0 aromatic heterocycles. The molecule has 88 valence electrons. The Balaban J connectivity index is 2.90. The van der Waals surface area contributed by atoms with E-state index in [9.17, 15) is 4.79 Å². The third-order valence-corrected chi connectivity index (χ3v) is 2.53. The average Bonchev–Trinajstić information content (AvgIpc) is 2.29. The number of hydrogen-bond donors (Lipinski definition) is 2. The van der Waals surface area contributed by atoms with E-state index in [4.69, 9.17) is 16.5 Å². The van der Waals surface area contributed by atoms with Crippen LogP contribution in [0.25, 0.3) is 0 Å². The highest BCUT2D eigenvalue weighted by molar-refractivity contribution is 5.96. The fourth-order valence-corrected chi connectivity index (χ4v) is 1.68. The van der Waals surface area contributed by atoms with Gasteiger partial charge in [-0.1, -0.05) is 31.9 Å². The summed E-state index contributed by atoms with van der Waals surface area (Å²) in [5.41, 5.74) is 6.52. The third kappa shape index (κ3) is 2.97. The lowest BCUT2D eigenvalue weighted by atomic mass is 10.0. The van der Waals surface area contributed by atoms with Crippen LogP contribution in [0.1, 0.15) is 42.1 Å². The van der Waals surface area contributed by atoms with Gasteiger partial charge in [-0.05, 0) is 24.5 Å². The van der Waals surface area contributed by atoms with E-state index >= 15 is 0 Å². The van der Waals surface area contributed by atoms with E-state index in [1.165, 1.54) is 0 Å². The van der Waals surface area contributed by atoms with Crippen molar-refractivity contribution in [2.24, 2.45) is 11.6 Å². The summed E-state index contributed by atoms with van der Waals surface area (Å²) in [5, 5.41) is 0. The van der Waals surface area contributed by atoms with E-state index in [-0.39, 0.29) is 0 Å². The number of primary amides is 1. The molecule has 0 unspecified atom stereocenters. The first-order chi connectivity index (χ1) is 7.70. The van der Waals surface area contributed by atoms with E-state index in [0.717, 1.165) is 31.2 Å². The molecule has 0 spiro atoms. The van der Waals surface area contributed by atoms with Crippen LogP contribution in [-0.4, -0.2) is 5.91 Å². The lowest BCUT2D eigenvalue weighted by molar-refractivity contribution is 0.0996. The van der Waals surface area contributed by atoms with Gasteiger partial charge in [0.25, 0.3) is 5.91 Å². The van der Waals surface area contributed by atoms with Gasteiger partial charge in [-0.25, -0.2) is 0 Å². The zero-order chi connectivity index (χ0) is 12.0. The summed E-state index contributed by atoms with van der Waals surface area (Å²) in [6, 6.07) is 5.32. The number of benzene rings is 1. The fourth-order valence-electron chi connectivity index (χ4n) is 1.68. The molecule has 0 saturated heterocycles. The van der Waals surface area contributed by atoms with Gasteiger partial charge in [0.15, 0.2) is 5.75 Å². The van der Waals surface area contributed by atoms with Gasteiger partial charge in [0.05, 0.1) is 5.56 Å². The molecule has 0 aliphatic carbocycles. The average molecular weight is 222 g/mol. The first kappa shape index (κ1) is 12.5. The van der Waals surface area contributed by atoms with Crippen molar-refractivity contribution >= 4 is 5.91 Å². The van der Waals surface area contributed by atoms with Crippen LogP contribution in [0, 0.1) is 0 Å². The van der Waals surface area contributed by atoms with E-state index in [1.54, 1.807) is 12.1 Å². The second-order valence-corrected chi connectivity index (χ2v) is 3.73. The van der Waals surface area contributed by atoms with Crippen LogP contribution in [-0.2, 0) is 6.42 Å². The summed E-state index contributed by atoms with van der Waals surface area (Å²) in [5.74, 6) is 5.08. The summed E-state index contributed by atoms with van der Waals surface area (Å²) in [6.07, 6.45) is 4.19. The molecule has 0 heterocycles. The fraction of sp³-hybridized carbons (Fsp3) is 0.417. The molecular formula is C12H18N2O2. The van der Waals surface area contributed by atoms with Crippen molar-refractivity contribution in [2.75, 3.05) is 0 Å². The second-order valence-electron chi connectivity index (χ2n) is 3.73. The normalized spacial score (nSPS) is 10.1. The minimum absolute atomic E-state index is 0.344. The Morgan fingerprint density at radius 1 is 1.38 bits per heavy atom. The highest BCUT2D eigenvalue weighted by atomic mass is 16.6. The van der Waals surface area contributed by atoms with Crippen LogP contribution in [0.2, 0.25) is 0 Å². The maximum absolute atomic E-state index is 11.1. The highest BCUT2D eigenvalue weighted by Gasteiger charge is 2.13. The van der Waals surface area contributed by atoms with Crippen LogP contribution < -0.4 is 16.5 Å². The molecular weight excluding hydrogens is 204 g/mol. The molecule has 0 radical (unpaired) electrons. The standard InChI is InChI=1S/C12H18N2O2/c1-2-3-4-6-9-7-5-8-10(12(13)15)11(9)16-14/h5,7-8H,2-4,6,14H2,1H3,(H2,13,15). The maximum atomic E-state index is 11.1. The van der Waals surface area contributed by atoms with Crippen molar-refractivity contribution in [1.82, 2.24) is 0 Å². The first-order valence-corrected chi connectivity index (χ1v) is 5.49. The lowest BCUT2D eigenvalue weighted by Crippen LogP contribution is -2.16. The zero-order valence-electron chi connectivity index (χ0n) is 9.53. The molecule has 1 amide bonds. The monoisotopic (exact) mass is 222 g/mol. The minimum Gasteiger partial charge on any atom is -0.410 e. The molecule has 16 heavy (non-hydrogen) atoms. The predicted octanol–water partition coefficient (Wildman–Crippen LogP) is 1.77. The van der Waals surface area contributed by atoms with Gasteiger partial charge < -0.3 is 10.6 Å². The van der Waals surface area contributed by atoms with E-state index in [0.29, 0.717) is 11.3 Å². The molecule has 0 saturated carbocycles. The Morgan fingerprint density at radius 2 is 2.12 bits per heavy atom. The minimum atomic E-state index is -0.516. The van der Waals surface area contributed by atoms with Gasteiger partial charge in [-0.2, -0.15) is 5.90 Å². The molecule has 1 aromatic rings. The Hall–Kier alpha value is -1.55. The van der Waals surface area contributed by atoms with E-state index in [2.05, 4.69) is 6.92 Å². The topological polar surface area (TPSA) is 78.3 Å². The molecule has 4 nitrogen and oxygen atoms in total. The highest BCUT2D eigenvalue weighted by Crippen LogP contribution is 2.24. The number of amides is 1. The van der Waals surface area contributed by atoms with Gasteiger partial charge in [-0.3, -0.25) is 4.79 Å². The summed E-state index contributed by atoms with van der Waals surface area (Å²) >= 11 is 0. The zero-order valence-corrected chi connectivity index (χ0v) is 9.53. The van der Waals surface area contributed by atoms with E-state index < -0.39 is 5.91 Å².